The number of amides is 1. The Kier molecular flexibility index (Phi) is 8.14. The van der Waals surface area contributed by atoms with E-state index in [1.165, 1.54) is 0 Å². The zero-order valence-electron chi connectivity index (χ0n) is 16.6. The summed E-state index contributed by atoms with van der Waals surface area (Å²) in [6, 6.07) is 8.24. The number of carbonyl (C=O) groups excluding carboxylic acids is 1. The maximum Gasteiger partial charge on any atom is 0.225 e. The van der Waals surface area contributed by atoms with Crippen molar-refractivity contribution in [3.63, 3.8) is 0 Å². The summed E-state index contributed by atoms with van der Waals surface area (Å²) in [4.78, 5) is 17.7. The van der Waals surface area contributed by atoms with Crippen LogP contribution in [-0.2, 0) is 4.79 Å². The molecule has 1 aromatic carbocycles. The number of nitrogens with one attached hydrogen (secondary N) is 1. The Morgan fingerprint density at radius 2 is 1.93 bits per heavy atom. The van der Waals surface area contributed by atoms with Crippen LogP contribution in [0.4, 0.5) is 0 Å². The maximum absolute atomic E-state index is 12.9. The summed E-state index contributed by atoms with van der Waals surface area (Å²) >= 11 is 0. The van der Waals surface area contributed by atoms with Crippen molar-refractivity contribution >= 4 is 41.8 Å². The Morgan fingerprint density at radius 1 is 1.26 bits per heavy atom. The Morgan fingerprint density at radius 3 is 2.56 bits per heavy atom. The van der Waals surface area contributed by atoms with E-state index in [-0.39, 0.29) is 48.7 Å². The van der Waals surface area contributed by atoms with Crippen LogP contribution in [-0.4, -0.2) is 21.0 Å². The van der Waals surface area contributed by atoms with Crippen LogP contribution < -0.4 is 11.1 Å². The minimum Gasteiger partial charge on any atom is -0.346 e. The number of hydrogen-bond acceptors (Lipinski definition) is 3. The van der Waals surface area contributed by atoms with Gasteiger partial charge in [-0.15, -0.1) is 24.8 Å². The molecular formula is C20H32Cl2N4O. The number of rotatable bonds is 4. The van der Waals surface area contributed by atoms with Gasteiger partial charge in [-0.1, -0.05) is 25.0 Å². The van der Waals surface area contributed by atoms with Crippen molar-refractivity contribution in [3.8, 4) is 0 Å². The highest BCUT2D eigenvalue weighted by atomic mass is 35.5. The molecule has 1 saturated carbocycles. The summed E-state index contributed by atoms with van der Waals surface area (Å²) in [5.41, 5.74) is 8.05. The van der Waals surface area contributed by atoms with Crippen molar-refractivity contribution < 1.29 is 4.79 Å². The van der Waals surface area contributed by atoms with E-state index in [1.54, 1.807) is 0 Å². The van der Waals surface area contributed by atoms with Crippen LogP contribution >= 0.6 is 24.8 Å². The average Bonchev–Trinajstić information content (AvgIpc) is 2.94. The fourth-order valence-electron chi connectivity index (χ4n) is 4.08. The fraction of sp³-hybridized carbons (Fsp3) is 0.600. The summed E-state index contributed by atoms with van der Waals surface area (Å²) in [5, 5.41) is 3.18. The maximum atomic E-state index is 12.9. The second-order valence-corrected chi connectivity index (χ2v) is 7.96. The molecule has 1 aromatic heterocycles. The highest BCUT2D eigenvalue weighted by Gasteiger charge is 2.38. The van der Waals surface area contributed by atoms with Gasteiger partial charge in [0, 0.05) is 11.6 Å². The standard InChI is InChI=1S/C20H30N4O.2ClH/c1-13(2)24-17-11-6-5-10-16(17)23-18(24)14(3)22-19(25)15-9-7-8-12-20(15,4)21;;/h5-6,10-11,13-15H,7-9,12,21H2,1-4H3,(H,22,25);2*1H. The highest BCUT2D eigenvalue weighted by Crippen LogP contribution is 2.32. The SMILES string of the molecule is CC(NC(=O)C1CCCCC1(C)N)c1nc2ccccc2n1C(C)C.Cl.Cl. The first kappa shape index (κ1) is 23.7. The lowest BCUT2D eigenvalue weighted by Crippen LogP contribution is -2.53. The average molecular weight is 415 g/mol. The third-order valence-electron chi connectivity index (χ3n) is 5.46. The first-order valence-corrected chi connectivity index (χ1v) is 9.37. The number of para-hydroxylation sites is 2. The Labute approximate surface area is 174 Å². The molecule has 1 fully saturated rings. The van der Waals surface area contributed by atoms with Gasteiger partial charge in [0.2, 0.25) is 5.91 Å². The predicted molar refractivity (Wildman–Crippen MR) is 116 cm³/mol. The molecule has 1 aliphatic rings. The van der Waals surface area contributed by atoms with Crippen LogP contribution in [0.3, 0.4) is 0 Å². The van der Waals surface area contributed by atoms with Gasteiger partial charge >= 0.3 is 0 Å². The molecule has 7 heteroatoms. The molecule has 0 spiro atoms. The van der Waals surface area contributed by atoms with E-state index in [2.05, 4.69) is 29.8 Å². The second-order valence-electron chi connectivity index (χ2n) is 7.96. The summed E-state index contributed by atoms with van der Waals surface area (Å²) in [5.74, 6) is 0.833. The van der Waals surface area contributed by atoms with Crippen molar-refractivity contribution in [1.82, 2.24) is 14.9 Å². The van der Waals surface area contributed by atoms with Crippen molar-refractivity contribution in [2.45, 2.75) is 71.0 Å². The molecule has 0 saturated heterocycles. The minimum atomic E-state index is -0.416. The number of hydrogen-bond donors (Lipinski definition) is 2. The minimum absolute atomic E-state index is 0. The van der Waals surface area contributed by atoms with E-state index in [1.807, 2.05) is 32.0 Å². The van der Waals surface area contributed by atoms with Crippen molar-refractivity contribution in [2.75, 3.05) is 0 Å². The quantitative estimate of drug-likeness (QED) is 0.770. The lowest BCUT2D eigenvalue weighted by atomic mass is 9.74. The Balaban J connectivity index is 0.00000182. The van der Waals surface area contributed by atoms with Crippen LogP contribution in [0.5, 0.6) is 0 Å². The van der Waals surface area contributed by atoms with Gasteiger partial charge in [0.15, 0.2) is 0 Å². The summed E-state index contributed by atoms with van der Waals surface area (Å²) < 4.78 is 2.21. The Hall–Kier alpha value is -1.30. The monoisotopic (exact) mass is 414 g/mol. The first-order chi connectivity index (χ1) is 11.8. The van der Waals surface area contributed by atoms with Gasteiger partial charge in [0.1, 0.15) is 5.82 Å². The van der Waals surface area contributed by atoms with Gasteiger partial charge in [0.25, 0.3) is 0 Å². The number of benzene rings is 1. The van der Waals surface area contributed by atoms with E-state index in [4.69, 9.17) is 10.7 Å². The number of nitrogens with two attached hydrogens (primary N) is 1. The van der Waals surface area contributed by atoms with Crippen LogP contribution in [0.2, 0.25) is 0 Å². The van der Waals surface area contributed by atoms with Gasteiger partial charge in [-0.25, -0.2) is 4.98 Å². The second kappa shape index (κ2) is 9.26. The molecule has 0 aliphatic heterocycles. The predicted octanol–water partition coefficient (Wildman–Crippen LogP) is 4.55. The van der Waals surface area contributed by atoms with Gasteiger partial charge in [0.05, 0.1) is 23.0 Å². The molecule has 1 aliphatic carbocycles. The van der Waals surface area contributed by atoms with E-state index in [0.29, 0.717) is 0 Å². The van der Waals surface area contributed by atoms with Crippen LogP contribution in [0, 0.1) is 5.92 Å². The topological polar surface area (TPSA) is 72.9 Å². The van der Waals surface area contributed by atoms with Crippen LogP contribution in [0.1, 0.15) is 71.3 Å². The molecule has 0 bridgehead atoms. The molecule has 0 radical (unpaired) electrons. The Bertz CT molecular complexity index is 772. The van der Waals surface area contributed by atoms with Crippen LogP contribution in [0.15, 0.2) is 24.3 Å². The lowest BCUT2D eigenvalue weighted by Gasteiger charge is -2.37. The zero-order chi connectivity index (χ0) is 18.2. The smallest absolute Gasteiger partial charge is 0.225 e. The molecule has 5 nitrogen and oxygen atoms in total. The van der Waals surface area contributed by atoms with Crippen molar-refractivity contribution in [1.29, 1.82) is 0 Å². The van der Waals surface area contributed by atoms with E-state index >= 15 is 0 Å². The molecule has 152 valence electrons. The van der Waals surface area contributed by atoms with Crippen molar-refractivity contribution in [2.24, 2.45) is 11.7 Å². The molecule has 3 unspecified atom stereocenters. The first-order valence-electron chi connectivity index (χ1n) is 9.37. The molecule has 3 atom stereocenters. The molecule has 27 heavy (non-hydrogen) atoms. The van der Waals surface area contributed by atoms with E-state index in [0.717, 1.165) is 42.5 Å². The lowest BCUT2D eigenvalue weighted by molar-refractivity contribution is -0.128. The fourth-order valence-corrected chi connectivity index (χ4v) is 4.08. The number of carbonyl (C=O) groups is 1. The summed E-state index contributed by atoms with van der Waals surface area (Å²) in [6.07, 6.45) is 3.95. The molecule has 1 heterocycles. The largest absolute Gasteiger partial charge is 0.346 e. The molecule has 2 aromatic rings. The molecular weight excluding hydrogens is 383 g/mol. The molecule has 1 amide bonds. The number of nitrogens with zero attached hydrogens (tertiary/aromatic N) is 2. The van der Waals surface area contributed by atoms with Gasteiger partial charge < -0.3 is 15.6 Å². The van der Waals surface area contributed by atoms with E-state index in [9.17, 15) is 4.79 Å². The highest BCUT2D eigenvalue weighted by molar-refractivity contribution is 5.85. The molecule has 3 N–H and O–H groups in total. The third kappa shape index (κ3) is 4.76. The van der Waals surface area contributed by atoms with Gasteiger partial charge in [-0.3, -0.25) is 4.79 Å². The normalized spacial score (nSPS) is 23.4. The van der Waals surface area contributed by atoms with Gasteiger partial charge in [-0.05, 0) is 52.7 Å². The van der Waals surface area contributed by atoms with E-state index < -0.39 is 5.54 Å². The summed E-state index contributed by atoms with van der Waals surface area (Å²) in [6.45, 7) is 8.30. The van der Waals surface area contributed by atoms with Crippen LogP contribution in [0.25, 0.3) is 11.0 Å². The molecule has 3 rings (SSSR count). The number of halogens is 2. The van der Waals surface area contributed by atoms with Gasteiger partial charge in [-0.2, -0.15) is 0 Å². The number of fused-ring (bicyclic) bond motifs is 1. The summed E-state index contributed by atoms with van der Waals surface area (Å²) in [7, 11) is 0. The number of aromatic nitrogens is 2. The zero-order valence-corrected chi connectivity index (χ0v) is 18.2. The number of imidazole rings is 1. The third-order valence-corrected chi connectivity index (χ3v) is 5.46. The van der Waals surface area contributed by atoms with Crippen molar-refractivity contribution in [3.05, 3.63) is 30.1 Å².